The molecule has 250 valence electrons. The third kappa shape index (κ3) is 4.54. The minimum Gasteiger partial charge on any atom is -0.310 e. The van der Waals surface area contributed by atoms with Crippen LogP contribution in [0.2, 0.25) is 0 Å². The van der Waals surface area contributed by atoms with Crippen LogP contribution >= 0.6 is 22.7 Å². The molecular weight excluding hydrogens is 679 g/mol. The molecule has 1 nitrogen and oxygen atoms in total. The average Bonchev–Trinajstić information content (AvgIpc) is 3.87. The van der Waals surface area contributed by atoms with E-state index in [1.807, 2.05) is 22.7 Å². The minimum atomic E-state index is -0.263. The molecule has 11 rings (SSSR count). The molecule has 0 atom stereocenters. The van der Waals surface area contributed by atoms with E-state index in [-0.39, 0.29) is 5.41 Å². The van der Waals surface area contributed by atoms with E-state index in [2.05, 4.69) is 194 Å². The second-order valence-electron chi connectivity index (χ2n) is 14.2. The third-order valence-corrected chi connectivity index (χ3v) is 13.7. The first-order valence-electron chi connectivity index (χ1n) is 18.2. The Morgan fingerprint density at radius 3 is 1.70 bits per heavy atom. The van der Waals surface area contributed by atoms with Gasteiger partial charge in [-0.25, -0.2) is 0 Å². The molecule has 0 spiro atoms. The standard InChI is InChI=1S/C50H33NS2/c1-50(42-19-9-5-15-37(42)38-16-6-10-20-43(38)50)44-30-29-36(48-41-18-8-12-22-46(41)53-49(44)48)32-23-25-34(26-24-32)51(33-13-3-2-4-14-33)35-27-28-40-39-17-7-11-21-45(39)52-47(40)31-35/h2-31H,1H3. The van der Waals surface area contributed by atoms with Crippen molar-refractivity contribution < 1.29 is 0 Å². The van der Waals surface area contributed by atoms with Gasteiger partial charge in [0.2, 0.25) is 0 Å². The van der Waals surface area contributed by atoms with Crippen molar-refractivity contribution in [2.75, 3.05) is 4.90 Å². The van der Waals surface area contributed by atoms with E-state index >= 15 is 0 Å². The van der Waals surface area contributed by atoms with Crippen molar-refractivity contribution in [3.8, 4) is 22.3 Å². The van der Waals surface area contributed by atoms with Crippen LogP contribution in [0.4, 0.5) is 17.1 Å². The van der Waals surface area contributed by atoms with Crippen molar-refractivity contribution in [1.82, 2.24) is 0 Å². The molecule has 8 aromatic carbocycles. The predicted molar refractivity (Wildman–Crippen MR) is 230 cm³/mol. The molecule has 53 heavy (non-hydrogen) atoms. The molecule has 3 heteroatoms. The summed E-state index contributed by atoms with van der Waals surface area (Å²) in [5.41, 5.74) is 12.5. The van der Waals surface area contributed by atoms with Crippen molar-refractivity contribution in [2.24, 2.45) is 0 Å². The van der Waals surface area contributed by atoms with Crippen LogP contribution in [0.3, 0.4) is 0 Å². The quantitative estimate of drug-likeness (QED) is 0.172. The number of para-hydroxylation sites is 1. The number of anilines is 3. The highest BCUT2D eigenvalue weighted by molar-refractivity contribution is 7.26. The Labute approximate surface area is 316 Å². The van der Waals surface area contributed by atoms with Crippen molar-refractivity contribution in [1.29, 1.82) is 0 Å². The van der Waals surface area contributed by atoms with Gasteiger partial charge in [0, 0.05) is 62.8 Å². The van der Waals surface area contributed by atoms with E-state index in [0.29, 0.717) is 0 Å². The molecule has 0 saturated heterocycles. The fourth-order valence-corrected chi connectivity index (χ4v) is 11.4. The summed E-state index contributed by atoms with van der Waals surface area (Å²) in [6.45, 7) is 2.43. The Balaban J connectivity index is 1.07. The van der Waals surface area contributed by atoms with Crippen LogP contribution in [-0.4, -0.2) is 0 Å². The molecule has 2 heterocycles. The number of rotatable bonds is 5. The summed E-state index contributed by atoms with van der Waals surface area (Å²) in [7, 11) is 0. The van der Waals surface area contributed by atoms with Gasteiger partial charge in [-0.1, -0.05) is 133 Å². The molecule has 1 aliphatic carbocycles. The van der Waals surface area contributed by atoms with Crippen molar-refractivity contribution in [3.63, 3.8) is 0 Å². The maximum atomic E-state index is 2.43. The van der Waals surface area contributed by atoms with Crippen LogP contribution < -0.4 is 4.90 Å². The van der Waals surface area contributed by atoms with E-state index in [0.717, 1.165) is 17.1 Å². The van der Waals surface area contributed by atoms with Crippen LogP contribution in [0.5, 0.6) is 0 Å². The van der Waals surface area contributed by atoms with Crippen molar-refractivity contribution >= 4 is 80.1 Å². The molecule has 0 N–H and O–H groups in total. The number of fused-ring (bicyclic) bond motifs is 9. The Bertz CT molecular complexity index is 2980. The molecule has 0 saturated carbocycles. The van der Waals surface area contributed by atoms with Gasteiger partial charge in [-0.2, -0.15) is 0 Å². The number of hydrogen-bond donors (Lipinski definition) is 0. The molecule has 0 amide bonds. The summed E-state index contributed by atoms with van der Waals surface area (Å²) in [5, 5.41) is 5.29. The number of benzene rings is 8. The monoisotopic (exact) mass is 711 g/mol. The Morgan fingerprint density at radius 2 is 0.962 bits per heavy atom. The molecule has 0 unspecified atom stereocenters. The maximum Gasteiger partial charge on any atom is 0.0476 e. The number of hydrogen-bond acceptors (Lipinski definition) is 3. The van der Waals surface area contributed by atoms with Gasteiger partial charge in [0.1, 0.15) is 0 Å². The van der Waals surface area contributed by atoms with Gasteiger partial charge in [-0.05, 0) is 94.4 Å². The number of nitrogens with zero attached hydrogens (tertiary/aromatic N) is 1. The van der Waals surface area contributed by atoms with E-state index < -0.39 is 0 Å². The summed E-state index contributed by atoms with van der Waals surface area (Å²) < 4.78 is 5.31. The topological polar surface area (TPSA) is 3.24 Å². The summed E-state index contributed by atoms with van der Waals surface area (Å²) in [5.74, 6) is 0. The zero-order valence-electron chi connectivity index (χ0n) is 29.1. The summed E-state index contributed by atoms with van der Waals surface area (Å²) in [4.78, 5) is 2.38. The molecule has 2 aromatic heterocycles. The highest BCUT2D eigenvalue weighted by Gasteiger charge is 2.42. The third-order valence-electron chi connectivity index (χ3n) is 11.4. The first kappa shape index (κ1) is 30.6. The van der Waals surface area contributed by atoms with Gasteiger partial charge < -0.3 is 4.90 Å². The van der Waals surface area contributed by atoms with Crippen LogP contribution in [0.25, 0.3) is 62.6 Å². The van der Waals surface area contributed by atoms with Gasteiger partial charge in [0.05, 0.1) is 0 Å². The zero-order chi connectivity index (χ0) is 35.1. The Hall–Kier alpha value is -6.00. The van der Waals surface area contributed by atoms with E-state index in [1.54, 1.807) is 0 Å². The molecule has 10 aromatic rings. The average molecular weight is 712 g/mol. The molecule has 0 fully saturated rings. The molecule has 1 aliphatic rings. The zero-order valence-corrected chi connectivity index (χ0v) is 30.7. The fourth-order valence-electron chi connectivity index (χ4n) is 8.87. The molecular formula is C50H33NS2. The second kappa shape index (κ2) is 11.8. The first-order chi connectivity index (χ1) is 26.2. The van der Waals surface area contributed by atoms with Crippen LogP contribution in [0, 0.1) is 0 Å². The lowest BCUT2D eigenvalue weighted by molar-refractivity contribution is 0.722. The summed E-state index contributed by atoms with van der Waals surface area (Å²) in [6.07, 6.45) is 0. The predicted octanol–water partition coefficient (Wildman–Crippen LogP) is 14.9. The van der Waals surface area contributed by atoms with Gasteiger partial charge in [-0.3, -0.25) is 0 Å². The molecule has 0 bridgehead atoms. The van der Waals surface area contributed by atoms with Crippen LogP contribution in [0.15, 0.2) is 182 Å². The van der Waals surface area contributed by atoms with Crippen LogP contribution in [-0.2, 0) is 5.41 Å². The van der Waals surface area contributed by atoms with Gasteiger partial charge in [-0.15, -0.1) is 22.7 Å². The van der Waals surface area contributed by atoms with Gasteiger partial charge >= 0.3 is 0 Å². The van der Waals surface area contributed by atoms with Crippen molar-refractivity contribution in [2.45, 2.75) is 12.3 Å². The lowest BCUT2D eigenvalue weighted by atomic mass is 9.73. The first-order valence-corrected chi connectivity index (χ1v) is 19.8. The lowest BCUT2D eigenvalue weighted by Crippen LogP contribution is -2.22. The lowest BCUT2D eigenvalue weighted by Gasteiger charge is -2.29. The maximum absolute atomic E-state index is 2.43. The fraction of sp³-hybridized carbons (Fsp3) is 0.0400. The number of thiophene rings is 2. The summed E-state index contributed by atoms with van der Waals surface area (Å²) in [6, 6.07) is 67.2. The normalized spacial score (nSPS) is 13.2. The van der Waals surface area contributed by atoms with E-state index in [9.17, 15) is 0 Å². The largest absolute Gasteiger partial charge is 0.310 e. The Kier molecular flexibility index (Phi) is 6.79. The molecule has 0 aliphatic heterocycles. The van der Waals surface area contributed by atoms with Gasteiger partial charge in [0.15, 0.2) is 0 Å². The van der Waals surface area contributed by atoms with Crippen molar-refractivity contribution in [3.05, 3.63) is 199 Å². The minimum absolute atomic E-state index is 0.263. The van der Waals surface area contributed by atoms with Gasteiger partial charge in [0.25, 0.3) is 0 Å². The summed E-state index contributed by atoms with van der Waals surface area (Å²) >= 11 is 3.79. The molecule has 0 radical (unpaired) electrons. The Morgan fingerprint density at radius 1 is 0.396 bits per heavy atom. The second-order valence-corrected chi connectivity index (χ2v) is 16.3. The van der Waals surface area contributed by atoms with E-state index in [4.69, 9.17) is 0 Å². The van der Waals surface area contributed by atoms with E-state index in [1.165, 1.54) is 79.3 Å². The SMILES string of the molecule is CC1(c2ccc(-c3ccc(N(c4ccccc4)c4ccc5c(c4)sc4ccccc45)cc3)c3c2sc2ccccc23)c2ccccc2-c2ccccc21. The highest BCUT2D eigenvalue weighted by Crippen LogP contribution is 2.56. The van der Waals surface area contributed by atoms with Crippen LogP contribution in [0.1, 0.15) is 23.6 Å². The highest BCUT2D eigenvalue weighted by atomic mass is 32.1. The smallest absolute Gasteiger partial charge is 0.0476 e.